The van der Waals surface area contributed by atoms with Crippen LogP contribution in [0.5, 0.6) is 5.75 Å². The number of ether oxygens (including phenoxy) is 3. The number of nitrogens with one attached hydrogen (secondary N) is 4. The highest BCUT2D eigenvalue weighted by atomic mass is 16.6. The van der Waals surface area contributed by atoms with E-state index in [0.29, 0.717) is 51.0 Å². The van der Waals surface area contributed by atoms with Crippen molar-refractivity contribution in [2.45, 2.75) is 82.6 Å². The van der Waals surface area contributed by atoms with Crippen molar-refractivity contribution >= 4 is 29.6 Å². The molecule has 4 aliphatic rings. The third-order valence-corrected chi connectivity index (χ3v) is 8.84. The largest absolute Gasteiger partial charge is 0.412 e. The van der Waals surface area contributed by atoms with Crippen LogP contribution in [0.2, 0.25) is 0 Å². The SMILES string of the molecule is CC(NC(=O)CN1CCOCC1)C(=O)NC(Cc1ccc2c(c1)CNC(=O)O2)C(=O)NC(CC1CCCC1)C(=O)C1(C)CO1. The molecule has 1 aromatic rings. The number of hydrogen-bond donors (Lipinski definition) is 4. The quantitative estimate of drug-likeness (QED) is 0.233. The van der Waals surface area contributed by atoms with Crippen LogP contribution in [0.3, 0.4) is 0 Å². The molecule has 1 aromatic carbocycles. The molecule has 44 heavy (non-hydrogen) atoms. The van der Waals surface area contributed by atoms with Crippen LogP contribution in [-0.2, 0) is 41.6 Å². The standard InChI is InChI=1S/C31H43N5O8/c1-19(33-26(37)17-36-9-11-42-12-10-36)28(39)35-24(15-21-7-8-25-22(13-21)16-32-30(41)44-25)29(40)34-23(14-20-5-3-4-6-20)27(38)31(2)18-43-31/h7-8,13,19-20,23-24H,3-6,9-12,14-18H2,1-2H3,(H,32,41)(H,33,37)(H,34,40)(H,35,39). The molecular weight excluding hydrogens is 570 g/mol. The van der Waals surface area contributed by atoms with Gasteiger partial charge in [-0.05, 0) is 37.8 Å². The molecule has 0 bridgehead atoms. The number of nitrogens with zero attached hydrogens (tertiary/aromatic N) is 1. The number of fused-ring (bicyclic) bond motifs is 1. The maximum atomic E-state index is 13.9. The highest BCUT2D eigenvalue weighted by Crippen LogP contribution is 2.33. The average molecular weight is 614 g/mol. The molecule has 3 aliphatic heterocycles. The number of epoxide rings is 1. The molecule has 4 amide bonds. The molecule has 13 heteroatoms. The molecule has 5 rings (SSSR count). The van der Waals surface area contributed by atoms with Gasteiger partial charge < -0.3 is 35.5 Å². The molecule has 3 fully saturated rings. The Morgan fingerprint density at radius 3 is 2.45 bits per heavy atom. The van der Waals surface area contributed by atoms with Gasteiger partial charge in [0.05, 0.1) is 32.4 Å². The number of rotatable bonds is 13. The summed E-state index contributed by atoms with van der Waals surface area (Å²) in [4.78, 5) is 66.8. The van der Waals surface area contributed by atoms with E-state index in [0.717, 1.165) is 36.8 Å². The van der Waals surface area contributed by atoms with Crippen LogP contribution < -0.4 is 26.0 Å². The molecular formula is C31H43N5O8. The van der Waals surface area contributed by atoms with E-state index < -0.39 is 41.6 Å². The fourth-order valence-corrected chi connectivity index (χ4v) is 6.06. The van der Waals surface area contributed by atoms with Crippen LogP contribution in [0.25, 0.3) is 0 Å². The Labute approximate surface area is 257 Å². The zero-order valence-electron chi connectivity index (χ0n) is 25.4. The molecule has 4 unspecified atom stereocenters. The van der Waals surface area contributed by atoms with Crippen LogP contribution in [0.15, 0.2) is 18.2 Å². The van der Waals surface area contributed by atoms with Crippen molar-refractivity contribution in [2.24, 2.45) is 5.92 Å². The molecule has 4 atom stereocenters. The lowest BCUT2D eigenvalue weighted by Gasteiger charge is -2.28. The van der Waals surface area contributed by atoms with Gasteiger partial charge in [0.25, 0.3) is 0 Å². The van der Waals surface area contributed by atoms with E-state index in [4.69, 9.17) is 14.2 Å². The van der Waals surface area contributed by atoms with Gasteiger partial charge in [0.1, 0.15) is 23.4 Å². The minimum absolute atomic E-state index is 0.116. The number of Topliss-reactive ketones (excluding diaryl/α,β-unsaturated/α-hetero) is 1. The van der Waals surface area contributed by atoms with Gasteiger partial charge in [0, 0.05) is 31.6 Å². The summed E-state index contributed by atoms with van der Waals surface area (Å²) in [6.07, 6.45) is 4.32. The monoisotopic (exact) mass is 613 g/mol. The average Bonchev–Trinajstić information content (AvgIpc) is 3.54. The predicted octanol–water partition coefficient (Wildman–Crippen LogP) is 0.576. The number of hydrogen-bond acceptors (Lipinski definition) is 9. The number of amides is 4. The second kappa shape index (κ2) is 14.0. The zero-order chi connectivity index (χ0) is 31.3. The van der Waals surface area contributed by atoms with Gasteiger partial charge in [0.2, 0.25) is 17.7 Å². The first-order chi connectivity index (χ1) is 21.1. The van der Waals surface area contributed by atoms with E-state index in [9.17, 15) is 24.0 Å². The molecule has 0 radical (unpaired) electrons. The van der Waals surface area contributed by atoms with Gasteiger partial charge in [-0.15, -0.1) is 0 Å². The number of carbonyl (C=O) groups excluding carboxylic acids is 5. The van der Waals surface area contributed by atoms with Gasteiger partial charge in [-0.25, -0.2) is 4.79 Å². The van der Waals surface area contributed by atoms with Crippen molar-refractivity contribution in [3.8, 4) is 5.75 Å². The number of ketones is 1. The minimum Gasteiger partial charge on any atom is -0.410 e. The van der Waals surface area contributed by atoms with Crippen LogP contribution in [0, 0.1) is 5.92 Å². The van der Waals surface area contributed by atoms with Crippen molar-refractivity contribution in [1.82, 2.24) is 26.2 Å². The second-order valence-electron chi connectivity index (χ2n) is 12.5. The summed E-state index contributed by atoms with van der Waals surface area (Å²) >= 11 is 0. The Hall–Kier alpha value is -3.55. The highest BCUT2D eigenvalue weighted by molar-refractivity contribution is 5.98. The lowest BCUT2D eigenvalue weighted by atomic mass is 9.90. The van der Waals surface area contributed by atoms with E-state index >= 15 is 0 Å². The van der Waals surface area contributed by atoms with Gasteiger partial charge >= 0.3 is 6.09 Å². The summed E-state index contributed by atoms with van der Waals surface area (Å²) in [7, 11) is 0. The third kappa shape index (κ3) is 8.33. The van der Waals surface area contributed by atoms with Crippen molar-refractivity contribution in [3.63, 3.8) is 0 Å². The summed E-state index contributed by atoms with van der Waals surface area (Å²) < 4.78 is 16.0. The number of carbonyl (C=O) groups is 5. The van der Waals surface area contributed by atoms with Crippen LogP contribution >= 0.6 is 0 Å². The topological polar surface area (TPSA) is 168 Å². The fourth-order valence-electron chi connectivity index (χ4n) is 6.06. The Kier molecular flexibility index (Phi) is 10.2. The highest BCUT2D eigenvalue weighted by Gasteiger charge is 2.50. The molecule has 2 saturated heterocycles. The first kappa shape index (κ1) is 31.9. The second-order valence-corrected chi connectivity index (χ2v) is 12.5. The van der Waals surface area contributed by atoms with Crippen molar-refractivity contribution in [2.75, 3.05) is 39.5 Å². The Balaban J connectivity index is 1.29. The van der Waals surface area contributed by atoms with Gasteiger partial charge in [-0.1, -0.05) is 37.8 Å². The van der Waals surface area contributed by atoms with Crippen molar-refractivity contribution in [3.05, 3.63) is 29.3 Å². The van der Waals surface area contributed by atoms with Gasteiger partial charge in [-0.3, -0.25) is 24.1 Å². The maximum Gasteiger partial charge on any atom is 0.412 e. The van der Waals surface area contributed by atoms with Gasteiger partial charge in [-0.2, -0.15) is 0 Å². The van der Waals surface area contributed by atoms with E-state index in [-0.39, 0.29) is 31.2 Å². The minimum atomic E-state index is -1.04. The van der Waals surface area contributed by atoms with Crippen molar-refractivity contribution in [1.29, 1.82) is 0 Å². The molecule has 3 heterocycles. The van der Waals surface area contributed by atoms with E-state index in [1.807, 2.05) is 11.0 Å². The smallest absolute Gasteiger partial charge is 0.410 e. The Morgan fingerprint density at radius 1 is 1.05 bits per heavy atom. The third-order valence-electron chi connectivity index (χ3n) is 8.84. The van der Waals surface area contributed by atoms with Crippen LogP contribution in [-0.4, -0.2) is 97.7 Å². The summed E-state index contributed by atoms with van der Waals surface area (Å²) in [6.45, 7) is 6.41. The number of morpholine rings is 1. The lowest BCUT2D eigenvalue weighted by molar-refractivity contribution is -0.134. The molecule has 4 N–H and O–H groups in total. The summed E-state index contributed by atoms with van der Waals surface area (Å²) in [6, 6.07) is 2.53. The van der Waals surface area contributed by atoms with Crippen molar-refractivity contribution < 1.29 is 38.2 Å². The Bertz CT molecular complexity index is 1260. The molecule has 1 saturated carbocycles. The first-order valence-corrected chi connectivity index (χ1v) is 15.6. The zero-order valence-corrected chi connectivity index (χ0v) is 25.4. The Morgan fingerprint density at radius 2 is 1.75 bits per heavy atom. The summed E-state index contributed by atoms with van der Waals surface area (Å²) in [5.41, 5.74) is 0.561. The van der Waals surface area contributed by atoms with E-state index in [2.05, 4.69) is 21.3 Å². The van der Waals surface area contributed by atoms with E-state index in [1.54, 1.807) is 26.0 Å². The molecule has 0 spiro atoms. The van der Waals surface area contributed by atoms with Crippen LogP contribution in [0.1, 0.15) is 57.1 Å². The molecule has 1 aliphatic carbocycles. The normalized spacial score (nSPS) is 23.7. The van der Waals surface area contributed by atoms with Gasteiger partial charge in [0.15, 0.2) is 5.78 Å². The first-order valence-electron chi connectivity index (χ1n) is 15.6. The molecule has 240 valence electrons. The molecule has 13 nitrogen and oxygen atoms in total. The summed E-state index contributed by atoms with van der Waals surface area (Å²) in [5.74, 6) is -0.713. The lowest BCUT2D eigenvalue weighted by Crippen LogP contribution is -2.57. The fraction of sp³-hybridized carbons (Fsp3) is 0.645. The van der Waals surface area contributed by atoms with E-state index in [1.165, 1.54) is 0 Å². The summed E-state index contributed by atoms with van der Waals surface area (Å²) in [5, 5.41) is 11.1. The predicted molar refractivity (Wildman–Crippen MR) is 158 cm³/mol. The maximum absolute atomic E-state index is 13.9. The number of benzene rings is 1. The van der Waals surface area contributed by atoms with Crippen LogP contribution in [0.4, 0.5) is 4.79 Å². The molecule has 0 aromatic heterocycles.